The number of rotatable bonds is 6. The number of phenolic OH excluding ortho intramolecular Hbond substituents is 1. The number of para-hydroxylation sites is 1. The molecule has 0 bridgehead atoms. The van der Waals surface area contributed by atoms with Crippen LogP contribution in [0.2, 0.25) is 10.0 Å². The Morgan fingerprint density at radius 2 is 1.81 bits per heavy atom. The van der Waals surface area contributed by atoms with Crippen molar-refractivity contribution in [1.82, 2.24) is 0 Å². The zero-order valence-corrected chi connectivity index (χ0v) is 16.2. The van der Waals surface area contributed by atoms with E-state index < -0.39 is 4.92 Å². The average molecular weight is 421 g/mol. The van der Waals surface area contributed by atoms with Gasteiger partial charge in [-0.2, -0.15) is 0 Å². The fraction of sp³-hybridized carbons (Fsp3) is 0.0526. The summed E-state index contributed by atoms with van der Waals surface area (Å²) in [5.74, 6) is -0.0588. The minimum absolute atomic E-state index is 0.00238. The lowest BCUT2D eigenvalue weighted by Gasteiger charge is -2.13. The van der Waals surface area contributed by atoms with Crippen molar-refractivity contribution in [2.75, 3.05) is 5.32 Å². The maximum Gasteiger partial charge on any atom is 0.269 e. The average Bonchev–Trinajstić information content (AvgIpc) is 2.65. The summed E-state index contributed by atoms with van der Waals surface area (Å²) in [6, 6.07) is 17.0. The quantitative estimate of drug-likeness (QED) is 0.275. The molecular formula is C19H14Cl2N2O3S. The molecule has 0 aromatic heterocycles. The number of nitrogens with one attached hydrogen (secondary N) is 1. The van der Waals surface area contributed by atoms with Crippen LogP contribution in [0, 0.1) is 10.1 Å². The number of nitrogens with zero attached hydrogens (tertiary/aromatic N) is 1. The molecule has 0 aliphatic carbocycles. The first-order valence-corrected chi connectivity index (χ1v) is 9.43. The Morgan fingerprint density at radius 3 is 2.52 bits per heavy atom. The van der Waals surface area contributed by atoms with Crippen LogP contribution in [0.15, 0.2) is 70.5 Å². The molecule has 3 aromatic rings. The van der Waals surface area contributed by atoms with Crippen LogP contribution in [0.3, 0.4) is 0 Å². The standard InChI is InChI=1S/C19H14Cl2N2O3S/c20-13-4-7-15(8-5-13)27-18-9-6-14(23(25)26)10-12(18)11-22-17-3-1-2-16(21)19(17)24/h1-10,22,24H,11H2. The van der Waals surface area contributed by atoms with Crippen LogP contribution in [-0.2, 0) is 6.54 Å². The second kappa shape index (κ2) is 8.52. The molecule has 0 spiro atoms. The predicted octanol–water partition coefficient (Wildman–Crippen LogP) is 6.37. The molecule has 0 aliphatic heterocycles. The van der Waals surface area contributed by atoms with E-state index in [1.165, 1.54) is 23.9 Å². The fourth-order valence-corrected chi connectivity index (χ4v) is 3.62. The van der Waals surface area contributed by atoms with E-state index in [-0.39, 0.29) is 23.0 Å². The van der Waals surface area contributed by atoms with E-state index in [4.69, 9.17) is 23.2 Å². The zero-order valence-electron chi connectivity index (χ0n) is 13.9. The first-order chi connectivity index (χ1) is 12.9. The molecule has 0 saturated carbocycles. The van der Waals surface area contributed by atoms with Gasteiger partial charge in [-0.15, -0.1) is 0 Å². The maximum atomic E-state index is 11.1. The number of benzene rings is 3. The number of hydrogen-bond donors (Lipinski definition) is 2. The van der Waals surface area contributed by atoms with Gasteiger partial charge in [0.05, 0.1) is 15.6 Å². The number of hydrogen-bond acceptors (Lipinski definition) is 5. The monoisotopic (exact) mass is 420 g/mol. The van der Waals surface area contributed by atoms with Crippen LogP contribution in [-0.4, -0.2) is 10.0 Å². The van der Waals surface area contributed by atoms with Crippen molar-refractivity contribution >= 4 is 46.3 Å². The first-order valence-electron chi connectivity index (χ1n) is 7.86. The molecule has 3 aromatic carbocycles. The highest BCUT2D eigenvalue weighted by atomic mass is 35.5. The Labute approximate surface area is 170 Å². The van der Waals surface area contributed by atoms with Crippen molar-refractivity contribution in [2.45, 2.75) is 16.3 Å². The van der Waals surface area contributed by atoms with Crippen LogP contribution < -0.4 is 5.32 Å². The van der Waals surface area contributed by atoms with Gasteiger partial charge < -0.3 is 10.4 Å². The summed E-state index contributed by atoms with van der Waals surface area (Å²) in [4.78, 5) is 12.5. The second-order valence-electron chi connectivity index (χ2n) is 5.59. The van der Waals surface area contributed by atoms with Gasteiger partial charge in [0, 0.05) is 33.5 Å². The van der Waals surface area contributed by atoms with Crippen LogP contribution in [0.25, 0.3) is 0 Å². The van der Waals surface area contributed by atoms with Crippen molar-refractivity contribution in [2.24, 2.45) is 0 Å². The molecule has 5 nitrogen and oxygen atoms in total. The minimum atomic E-state index is -0.433. The molecule has 3 rings (SSSR count). The molecule has 0 radical (unpaired) electrons. The molecule has 0 atom stereocenters. The Bertz CT molecular complexity index is 981. The number of nitro groups is 1. The van der Waals surface area contributed by atoms with Gasteiger partial charge >= 0.3 is 0 Å². The van der Waals surface area contributed by atoms with Gasteiger partial charge in [0.2, 0.25) is 0 Å². The Kier molecular flexibility index (Phi) is 6.11. The van der Waals surface area contributed by atoms with Crippen LogP contribution in [0.5, 0.6) is 5.75 Å². The molecular weight excluding hydrogens is 407 g/mol. The molecule has 2 N–H and O–H groups in total. The SMILES string of the molecule is O=[N+]([O-])c1ccc(Sc2ccc(Cl)cc2)c(CNc2cccc(Cl)c2O)c1. The van der Waals surface area contributed by atoms with Gasteiger partial charge in [0.25, 0.3) is 5.69 Å². The number of halogens is 2. The molecule has 0 unspecified atom stereocenters. The number of nitro benzene ring substituents is 1. The van der Waals surface area contributed by atoms with E-state index in [0.29, 0.717) is 10.7 Å². The lowest BCUT2D eigenvalue weighted by Crippen LogP contribution is -2.02. The van der Waals surface area contributed by atoms with Crippen molar-refractivity contribution in [3.63, 3.8) is 0 Å². The molecule has 138 valence electrons. The van der Waals surface area contributed by atoms with E-state index in [1.54, 1.807) is 36.4 Å². The smallest absolute Gasteiger partial charge is 0.269 e. The lowest BCUT2D eigenvalue weighted by molar-refractivity contribution is -0.385. The lowest BCUT2D eigenvalue weighted by atomic mass is 10.2. The number of anilines is 1. The summed E-state index contributed by atoms with van der Waals surface area (Å²) < 4.78 is 0. The Hall–Kier alpha value is -2.41. The fourth-order valence-electron chi connectivity index (χ4n) is 2.40. The highest BCUT2D eigenvalue weighted by Crippen LogP contribution is 2.35. The highest BCUT2D eigenvalue weighted by Gasteiger charge is 2.13. The maximum absolute atomic E-state index is 11.1. The van der Waals surface area contributed by atoms with E-state index >= 15 is 0 Å². The Balaban J connectivity index is 1.88. The van der Waals surface area contributed by atoms with Gasteiger partial charge in [-0.3, -0.25) is 10.1 Å². The van der Waals surface area contributed by atoms with Gasteiger partial charge in [-0.25, -0.2) is 0 Å². The summed E-state index contributed by atoms with van der Waals surface area (Å²) in [6.07, 6.45) is 0. The van der Waals surface area contributed by atoms with Crippen molar-refractivity contribution in [1.29, 1.82) is 0 Å². The van der Waals surface area contributed by atoms with E-state index in [2.05, 4.69) is 5.32 Å². The summed E-state index contributed by atoms with van der Waals surface area (Å²) in [5.41, 5.74) is 1.18. The van der Waals surface area contributed by atoms with E-state index in [1.807, 2.05) is 12.1 Å². The highest BCUT2D eigenvalue weighted by molar-refractivity contribution is 7.99. The van der Waals surface area contributed by atoms with Gasteiger partial charge in [-0.1, -0.05) is 41.0 Å². The number of non-ortho nitro benzene ring substituents is 1. The molecule has 0 saturated heterocycles. The van der Waals surface area contributed by atoms with Crippen LogP contribution >= 0.6 is 35.0 Å². The normalized spacial score (nSPS) is 10.6. The summed E-state index contributed by atoms with van der Waals surface area (Å²) in [5, 5.41) is 25.1. The van der Waals surface area contributed by atoms with Crippen molar-refractivity contribution in [3.05, 3.63) is 86.4 Å². The van der Waals surface area contributed by atoms with E-state index in [9.17, 15) is 15.2 Å². The third-order valence-corrected chi connectivity index (χ3v) is 5.44. The van der Waals surface area contributed by atoms with E-state index in [0.717, 1.165) is 15.4 Å². The van der Waals surface area contributed by atoms with Crippen molar-refractivity contribution < 1.29 is 10.0 Å². The van der Waals surface area contributed by atoms with Gasteiger partial charge in [0.1, 0.15) is 0 Å². The van der Waals surface area contributed by atoms with Crippen molar-refractivity contribution in [3.8, 4) is 5.75 Å². The predicted molar refractivity (Wildman–Crippen MR) is 109 cm³/mol. The summed E-state index contributed by atoms with van der Waals surface area (Å²) >= 11 is 13.3. The molecule has 0 heterocycles. The molecule has 27 heavy (non-hydrogen) atoms. The third-order valence-electron chi connectivity index (χ3n) is 3.75. The number of phenols is 1. The molecule has 0 aliphatic rings. The Morgan fingerprint density at radius 1 is 1.07 bits per heavy atom. The first kappa shape index (κ1) is 19.4. The summed E-state index contributed by atoms with van der Waals surface area (Å²) in [7, 11) is 0. The minimum Gasteiger partial charge on any atom is -0.504 e. The third kappa shape index (κ3) is 4.86. The van der Waals surface area contributed by atoms with Gasteiger partial charge in [0.15, 0.2) is 5.75 Å². The molecule has 0 amide bonds. The van der Waals surface area contributed by atoms with Crippen LogP contribution in [0.4, 0.5) is 11.4 Å². The van der Waals surface area contributed by atoms with Crippen LogP contribution in [0.1, 0.15) is 5.56 Å². The summed E-state index contributed by atoms with van der Waals surface area (Å²) in [6.45, 7) is 0.283. The second-order valence-corrected chi connectivity index (χ2v) is 7.55. The molecule has 0 fully saturated rings. The number of aromatic hydroxyl groups is 1. The topological polar surface area (TPSA) is 75.4 Å². The largest absolute Gasteiger partial charge is 0.504 e. The molecule has 8 heteroatoms. The zero-order chi connectivity index (χ0) is 19.4. The van der Waals surface area contributed by atoms with Gasteiger partial charge in [-0.05, 0) is 48.0 Å².